The van der Waals surface area contributed by atoms with E-state index < -0.39 is 17.8 Å². The van der Waals surface area contributed by atoms with Crippen LogP contribution in [0.5, 0.6) is 0 Å². The average Bonchev–Trinajstić information content (AvgIpc) is 2.95. The molecule has 2 rings (SSSR count). The Morgan fingerprint density at radius 3 is 2.75 bits per heavy atom. The molecular weight excluding hydrogens is 331 g/mol. The number of hydrogen-bond acceptors (Lipinski definition) is 4. The molecule has 0 aromatic heterocycles. The summed E-state index contributed by atoms with van der Waals surface area (Å²) in [6.45, 7) is 6.20. The second-order valence-corrected chi connectivity index (χ2v) is 7.24. The van der Waals surface area contributed by atoms with Crippen LogP contribution in [0.4, 0.5) is 4.39 Å². The zero-order chi connectivity index (χ0) is 17.7. The van der Waals surface area contributed by atoms with Gasteiger partial charge in [0, 0.05) is 5.75 Å². The fourth-order valence-corrected chi connectivity index (χ4v) is 4.25. The lowest BCUT2D eigenvalue weighted by Gasteiger charge is -2.29. The summed E-state index contributed by atoms with van der Waals surface area (Å²) < 4.78 is 14.0. The molecule has 0 aliphatic carbocycles. The van der Waals surface area contributed by atoms with Crippen LogP contribution in [0.15, 0.2) is 24.3 Å². The maximum absolute atomic E-state index is 14.0. The highest BCUT2D eigenvalue weighted by Gasteiger charge is 2.42. The van der Waals surface area contributed by atoms with Gasteiger partial charge < -0.3 is 4.90 Å². The molecule has 2 amide bonds. The molecule has 0 radical (unpaired) electrons. The normalized spacial score (nSPS) is 20.5. The fraction of sp³-hybridized carbons (Fsp3) is 0.529. The molecular formula is C17H23FN2O3S. The van der Waals surface area contributed by atoms with E-state index in [2.05, 4.69) is 19.3 Å². The first kappa shape index (κ1) is 18.7. The monoisotopic (exact) mass is 354 g/mol. The number of halogens is 1. The first-order valence-corrected chi connectivity index (χ1v) is 9.11. The van der Waals surface area contributed by atoms with Crippen molar-refractivity contribution < 1.29 is 18.8 Å². The summed E-state index contributed by atoms with van der Waals surface area (Å²) in [6.07, 6.45) is 0.739. The highest BCUT2D eigenvalue weighted by Crippen LogP contribution is 2.35. The first-order valence-electron chi connectivity index (χ1n) is 8.06. The van der Waals surface area contributed by atoms with Crippen molar-refractivity contribution >= 4 is 23.6 Å². The molecule has 1 saturated heterocycles. The molecule has 1 aliphatic heterocycles. The summed E-state index contributed by atoms with van der Waals surface area (Å²) in [5, 5.41) is -0.158. The lowest BCUT2D eigenvalue weighted by molar-refractivity contribution is -0.137. The van der Waals surface area contributed by atoms with Crippen LogP contribution >= 0.6 is 11.8 Å². The van der Waals surface area contributed by atoms with Gasteiger partial charge in [0.2, 0.25) is 0 Å². The topological polar surface area (TPSA) is 58.6 Å². The molecule has 1 aliphatic rings. The van der Waals surface area contributed by atoms with Gasteiger partial charge in [0.05, 0.1) is 17.5 Å². The van der Waals surface area contributed by atoms with Gasteiger partial charge in [-0.3, -0.25) is 14.4 Å². The predicted octanol–water partition coefficient (Wildman–Crippen LogP) is 2.82. The van der Waals surface area contributed by atoms with Gasteiger partial charge in [-0.15, -0.1) is 11.8 Å². The molecule has 1 N–H and O–H groups in total. The van der Waals surface area contributed by atoms with Gasteiger partial charge in [-0.25, -0.2) is 9.87 Å². The van der Waals surface area contributed by atoms with Crippen LogP contribution in [0, 0.1) is 11.7 Å². The Bertz CT molecular complexity index is 597. The number of nitrogens with one attached hydrogen (secondary N) is 1. The Labute approximate surface area is 145 Å². The molecule has 24 heavy (non-hydrogen) atoms. The molecule has 1 heterocycles. The highest BCUT2D eigenvalue weighted by molar-refractivity contribution is 8.00. The minimum Gasteiger partial charge on any atom is -0.314 e. The van der Waals surface area contributed by atoms with Crippen LogP contribution in [0.1, 0.15) is 37.6 Å². The number of hydrogen-bond donors (Lipinski definition) is 1. The van der Waals surface area contributed by atoms with Gasteiger partial charge in [-0.05, 0) is 31.4 Å². The Balaban J connectivity index is 2.27. The van der Waals surface area contributed by atoms with Gasteiger partial charge in [-0.2, -0.15) is 0 Å². The van der Waals surface area contributed by atoms with Gasteiger partial charge in [0.1, 0.15) is 11.9 Å². The summed E-state index contributed by atoms with van der Waals surface area (Å²) in [6, 6.07) is 5.19. The van der Waals surface area contributed by atoms with Crippen molar-refractivity contribution in [3.8, 4) is 0 Å². The Morgan fingerprint density at radius 1 is 1.42 bits per heavy atom. The van der Waals surface area contributed by atoms with Crippen LogP contribution in [0.25, 0.3) is 0 Å². The minimum atomic E-state index is -0.669. The Hall–Kier alpha value is -1.60. The Kier molecular flexibility index (Phi) is 6.62. The molecule has 1 aromatic rings. The number of rotatable bonds is 6. The molecule has 1 aromatic carbocycles. The molecule has 2 unspecified atom stereocenters. The van der Waals surface area contributed by atoms with Gasteiger partial charge in [-0.1, -0.05) is 26.0 Å². The number of thioether (sulfide) groups is 1. The van der Waals surface area contributed by atoms with E-state index in [9.17, 15) is 14.0 Å². The molecule has 0 spiro atoms. The van der Waals surface area contributed by atoms with Crippen LogP contribution < -0.4 is 5.48 Å². The Morgan fingerprint density at radius 2 is 2.12 bits per heavy atom. The molecule has 0 saturated carbocycles. The van der Waals surface area contributed by atoms with Crippen molar-refractivity contribution in [2.75, 3.05) is 12.4 Å². The maximum Gasteiger partial charge on any atom is 0.267 e. The summed E-state index contributed by atoms with van der Waals surface area (Å²) in [5.41, 5.74) is 2.35. The van der Waals surface area contributed by atoms with E-state index in [1.807, 2.05) is 0 Å². The summed E-state index contributed by atoms with van der Waals surface area (Å²) in [7, 11) is 0. The SMILES string of the molecule is CCONC(=O)C1CSC(CC(C)C)N1C(=O)c1ccccc1F. The molecule has 5 nitrogen and oxygen atoms in total. The fourth-order valence-electron chi connectivity index (χ4n) is 2.61. The van der Waals surface area contributed by atoms with Crippen LogP contribution in [0.3, 0.4) is 0 Å². The lowest BCUT2D eigenvalue weighted by atomic mass is 10.1. The van der Waals surface area contributed by atoms with Crippen LogP contribution in [-0.2, 0) is 9.63 Å². The number of hydroxylamine groups is 1. The zero-order valence-corrected chi connectivity index (χ0v) is 14.9. The van der Waals surface area contributed by atoms with Crippen molar-refractivity contribution in [2.24, 2.45) is 5.92 Å². The largest absolute Gasteiger partial charge is 0.314 e. The number of carbonyl (C=O) groups is 2. The van der Waals surface area contributed by atoms with E-state index in [-0.39, 0.29) is 16.8 Å². The summed E-state index contributed by atoms with van der Waals surface area (Å²) in [4.78, 5) is 31.7. The third-order valence-corrected chi connectivity index (χ3v) is 5.04. The molecule has 132 valence electrons. The van der Waals surface area contributed by atoms with Crippen molar-refractivity contribution in [2.45, 2.75) is 38.6 Å². The third-order valence-electron chi connectivity index (χ3n) is 3.72. The number of amides is 2. The van der Waals surface area contributed by atoms with Crippen LogP contribution in [0.2, 0.25) is 0 Å². The van der Waals surface area contributed by atoms with Crippen molar-refractivity contribution in [3.05, 3.63) is 35.6 Å². The van der Waals surface area contributed by atoms with E-state index in [1.165, 1.54) is 23.1 Å². The van der Waals surface area contributed by atoms with E-state index >= 15 is 0 Å². The standard InChI is InChI=1S/C17H23FN2O3S/c1-4-23-19-16(21)14-10-24-15(9-11(2)3)20(14)17(22)12-7-5-6-8-13(12)18/h5-8,11,14-15H,4,9-10H2,1-3H3,(H,19,21). The second-order valence-electron chi connectivity index (χ2n) is 6.02. The van der Waals surface area contributed by atoms with Gasteiger partial charge in [0.15, 0.2) is 0 Å². The maximum atomic E-state index is 14.0. The molecule has 1 fully saturated rings. The van der Waals surface area contributed by atoms with E-state index in [0.29, 0.717) is 18.3 Å². The minimum absolute atomic E-state index is 0.0111. The molecule has 0 bridgehead atoms. The van der Waals surface area contributed by atoms with Crippen LogP contribution in [-0.4, -0.2) is 40.5 Å². The molecule has 7 heteroatoms. The molecule has 2 atom stereocenters. The summed E-state index contributed by atoms with van der Waals surface area (Å²) >= 11 is 1.54. The quantitative estimate of drug-likeness (QED) is 0.798. The number of nitrogens with zero attached hydrogens (tertiary/aromatic N) is 1. The third kappa shape index (κ3) is 4.27. The second kappa shape index (κ2) is 8.48. The lowest BCUT2D eigenvalue weighted by Crippen LogP contribution is -2.50. The first-order chi connectivity index (χ1) is 11.5. The number of benzene rings is 1. The summed E-state index contributed by atoms with van der Waals surface area (Å²) in [5.74, 6) is -0.587. The van der Waals surface area contributed by atoms with E-state index in [1.54, 1.807) is 24.8 Å². The van der Waals surface area contributed by atoms with Crippen molar-refractivity contribution in [3.63, 3.8) is 0 Å². The van der Waals surface area contributed by atoms with Gasteiger partial charge in [0.25, 0.3) is 11.8 Å². The van der Waals surface area contributed by atoms with Gasteiger partial charge >= 0.3 is 0 Å². The van der Waals surface area contributed by atoms with E-state index in [0.717, 1.165) is 6.42 Å². The van der Waals surface area contributed by atoms with Crippen molar-refractivity contribution in [1.29, 1.82) is 0 Å². The predicted molar refractivity (Wildman–Crippen MR) is 91.8 cm³/mol. The average molecular weight is 354 g/mol. The highest BCUT2D eigenvalue weighted by atomic mass is 32.2. The zero-order valence-electron chi connectivity index (χ0n) is 14.1. The smallest absolute Gasteiger partial charge is 0.267 e. The van der Waals surface area contributed by atoms with E-state index in [4.69, 9.17) is 4.84 Å². The number of carbonyl (C=O) groups excluding carboxylic acids is 2. The van der Waals surface area contributed by atoms with Crippen molar-refractivity contribution in [1.82, 2.24) is 10.4 Å².